The molecule has 0 radical (unpaired) electrons. The second-order valence-electron chi connectivity index (χ2n) is 4.45. The van der Waals surface area contributed by atoms with Gasteiger partial charge in [0.25, 0.3) is 0 Å². The highest BCUT2D eigenvalue weighted by atomic mass is 79.9. The summed E-state index contributed by atoms with van der Waals surface area (Å²) >= 11 is 3.49. The lowest BCUT2D eigenvalue weighted by atomic mass is 10.0. The molecular formula is C12H14BrNO3. The van der Waals surface area contributed by atoms with E-state index in [-0.39, 0.29) is 5.54 Å². The van der Waals surface area contributed by atoms with Gasteiger partial charge in [-0.05, 0) is 28.8 Å². The Morgan fingerprint density at radius 1 is 1.35 bits per heavy atom. The summed E-state index contributed by atoms with van der Waals surface area (Å²) in [5.41, 5.74) is 6.92. The highest BCUT2D eigenvalue weighted by Gasteiger charge is 2.46. The predicted molar refractivity (Wildman–Crippen MR) is 66.8 cm³/mol. The molecule has 4 nitrogen and oxygen atoms in total. The van der Waals surface area contributed by atoms with Crippen LogP contribution in [0.5, 0.6) is 17.2 Å². The third-order valence-electron chi connectivity index (χ3n) is 3.23. The normalized spacial score (nSPS) is 19.9. The van der Waals surface area contributed by atoms with Gasteiger partial charge in [-0.1, -0.05) is 0 Å². The molecule has 0 spiro atoms. The van der Waals surface area contributed by atoms with E-state index in [9.17, 15) is 0 Å². The molecule has 1 aromatic carbocycles. The van der Waals surface area contributed by atoms with E-state index in [1.807, 2.05) is 6.07 Å². The standard InChI is InChI=1S/C12H14BrNO3/c1-15-10-7(13)6-8-11(17-5-4-16-8)9(10)12(14)2-3-12/h6H,2-5,14H2,1H3. The second-order valence-corrected chi connectivity index (χ2v) is 5.30. The predicted octanol–water partition coefficient (Wildman–Crippen LogP) is 2.18. The molecule has 0 unspecified atom stereocenters. The van der Waals surface area contributed by atoms with Crippen molar-refractivity contribution in [2.24, 2.45) is 5.73 Å². The monoisotopic (exact) mass is 299 g/mol. The van der Waals surface area contributed by atoms with Crippen LogP contribution < -0.4 is 19.9 Å². The molecule has 5 heteroatoms. The van der Waals surface area contributed by atoms with Gasteiger partial charge in [0, 0.05) is 11.6 Å². The van der Waals surface area contributed by atoms with Crippen LogP contribution >= 0.6 is 15.9 Å². The van der Waals surface area contributed by atoms with Gasteiger partial charge in [0.1, 0.15) is 19.0 Å². The Hall–Kier alpha value is -0.940. The van der Waals surface area contributed by atoms with Crippen molar-refractivity contribution in [3.63, 3.8) is 0 Å². The molecule has 3 rings (SSSR count). The lowest BCUT2D eigenvalue weighted by molar-refractivity contribution is 0.167. The minimum atomic E-state index is -0.320. The first-order valence-corrected chi connectivity index (χ1v) is 6.40. The third-order valence-corrected chi connectivity index (χ3v) is 3.82. The van der Waals surface area contributed by atoms with Crippen molar-refractivity contribution < 1.29 is 14.2 Å². The summed E-state index contributed by atoms with van der Waals surface area (Å²) in [6, 6.07) is 1.88. The van der Waals surface area contributed by atoms with Crippen LogP contribution in [0.15, 0.2) is 10.5 Å². The number of nitrogens with two attached hydrogens (primary N) is 1. The average Bonchev–Trinajstić information content (AvgIpc) is 3.06. The number of fused-ring (bicyclic) bond motifs is 1. The summed E-state index contributed by atoms with van der Waals surface area (Å²) in [6.45, 7) is 1.13. The fourth-order valence-electron chi connectivity index (χ4n) is 2.17. The summed E-state index contributed by atoms with van der Waals surface area (Å²) in [4.78, 5) is 0. The molecule has 1 saturated carbocycles. The molecule has 0 aromatic heterocycles. The zero-order chi connectivity index (χ0) is 12.0. The fourth-order valence-corrected chi connectivity index (χ4v) is 2.74. The summed E-state index contributed by atoms with van der Waals surface area (Å²) in [6.07, 6.45) is 1.91. The van der Waals surface area contributed by atoms with Crippen molar-refractivity contribution >= 4 is 15.9 Å². The van der Waals surface area contributed by atoms with Gasteiger partial charge in [-0.3, -0.25) is 0 Å². The Balaban J connectivity index is 2.23. The Morgan fingerprint density at radius 3 is 2.71 bits per heavy atom. The highest BCUT2D eigenvalue weighted by molar-refractivity contribution is 9.10. The second kappa shape index (κ2) is 3.78. The highest BCUT2D eigenvalue weighted by Crippen LogP contribution is 2.55. The first-order valence-electron chi connectivity index (χ1n) is 5.61. The van der Waals surface area contributed by atoms with Crippen LogP contribution in [0.3, 0.4) is 0 Å². The number of benzene rings is 1. The van der Waals surface area contributed by atoms with Crippen molar-refractivity contribution in [3.8, 4) is 17.2 Å². The number of hydrogen-bond donors (Lipinski definition) is 1. The maximum atomic E-state index is 6.30. The third kappa shape index (κ3) is 1.68. The first-order chi connectivity index (χ1) is 8.15. The Bertz CT molecular complexity index is 471. The zero-order valence-corrected chi connectivity index (χ0v) is 11.2. The molecule has 1 aromatic rings. The SMILES string of the molecule is COc1c(Br)cc2c(c1C1(N)CC1)OCCO2. The van der Waals surface area contributed by atoms with E-state index in [2.05, 4.69) is 15.9 Å². The van der Waals surface area contributed by atoms with Gasteiger partial charge in [0.15, 0.2) is 11.5 Å². The number of hydrogen-bond acceptors (Lipinski definition) is 4. The smallest absolute Gasteiger partial charge is 0.170 e. The van der Waals surface area contributed by atoms with E-state index in [0.29, 0.717) is 13.2 Å². The molecule has 1 heterocycles. The summed E-state index contributed by atoms with van der Waals surface area (Å²) in [5, 5.41) is 0. The molecule has 2 aliphatic rings. The topological polar surface area (TPSA) is 53.7 Å². The fraction of sp³-hybridized carbons (Fsp3) is 0.500. The van der Waals surface area contributed by atoms with Crippen LogP contribution in [0.25, 0.3) is 0 Å². The average molecular weight is 300 g/mol. The minimum Gasteiger partial charge on any atom is -0.495 e. The van der Waals surface area contributed by atoms with Crippen molar-refractivity contribution in [1.29, 1.82) is 0 Å². The van der Waals surface area contributed by atoms with Crippen LogP contribution in [-0.2, 0) is 5.54 Å². The van der Waals surface area contributed by atoms with E-state index >= 15 is 0 Å². The molecule has 92 valence electrons. The summed E-state index contributed by atoms with van der Waals surface area (Å²) in [5.74, 6) is 2.25. The summed E-state index contributed by atoms with van der Waals surface area (Å²) < 4.78 is 17.6. The molecule has 1 fully saturated rings. The molecule has 1 aliphatic heterocycles. The van der Waals surface area contributed by atoms with E-state index in [0.717, 1.165) is 40.1 Å². The number of halogens is 1. The largest absolute Gasteiger partial charge is 0.495 e. The van der Waals surface area contributed by atoms with Gasteiger partial charge in [0.2, 0.25) is 0 Å². The van der Waals surface area contributed by atoms with Crippen LogP contribution in [0.1, 0.15) is 18.4 Å². The van der Waals surface area contributed by atoms with Crippen LogP contribution in [0.4, 0.5) is 0 Å². The van der Waals surface area contributed by atoms with Gasteiger partial charge in [-0.15, -0.1) is 0 Å². The number of methoxy groups -OCH3 is 1. The minimum absolute atomic E-state index is 0.320. The van der Waals surface area contributed by atoms with Crippen molar-refractivity contribution in [1.82, 2.24) is 0 Å². The summed E-state index contributed by atoms with van der Waals surface area (Å²) in [7, 11) is 1.64. The lowest BCUT2D eigenvalue weighted by Crippen LogP contribution is -2.24. The van der Waals surface area contributed by atoms with Crippen LogP contribution in [0, 0.1) is 0 Å². The number of rotatable bonds is 2. The Morgan fingerprint density at radius 2 is 2.06 bits per heavy atom. The van der Waals surface area contributed by atoms with Crippen molar-refractivity contribution in [3.05, 3.63) is 16.1 Å². The maximum Gasteiger partial charge on any atom is 0.170 e. The van der Waals surface area contributed by atoms with Gasteiger partial charge in [-0.2, -0.15) is 0 Å². The van der Waals surface area contributed by atoms with Gasteiger partial charge < -0.3 is 19.9 Å². The number of ether oxygens (including phenoxy) is 3. The van der Waals surface area contributed by atoms with Gasteiger partial charge >= 0.3 is 0 Å². The molecule has 0 amide bonds. The Labute approximate surface area is 108 Å². The molecule has 0 bridgehead atoms. The van der Waals surface area contributed by atoms with Crippen LogP contribution in [-0.4, -0.2) is 20.3 Å². The molecule has 0 saturated heterocycles. The Kier molecular flexibility index (Phi) is 2.48. The van der Waals surface area contributed by atoms with E-state index < -0.39 is 0 Å². The van der Waals surface area contributed by atoms with E-state index in [1.165, 1.54) is 0 Å². The van der Waals surface area contributed by atoms with E-state index in [4.69, 9.17) is 19.9 Å². The van der Waals surface area contributed by atoms with Crippen molar-refractivity contribution in [2.45, 2.75) is 18.4 Å². The van der Waals surface area contributed by atoms with Crippen LogP contribution in [0.2, 0.25) is 0 Å². The quantitative estimate of drug-likeness (QED) is 0.909. The molecule has 2 N–H and O–H groups in total. The zero-order valence-electron chi connectivity index (χ0n) is 9.59. The first kappa shape index (κ1) is 11.2. The van der Waals surface area contributed by atoms with Crippen molar-refractivity contribution in [2.75, 3.05) is 20.3 Å². The molecule has 0 atom stereocenters. The van der Waals surface area contributed by atoms with E-state index in [1.54, 1.807) is 7.11 Å². The van der Waals surface area contributed by atoms with Gasteiger partial charge in [-0.25, -0.2) is 0 Å². The lowest BCUT2D eigenvalue weighted by Gasteiger charge is -2.26. The molecule has 17 heavy (non-hydrogen) atoms. The molecule has 1 aliphatic carbocycles. The maximum absolute atomic E-state index is 6.30. The molecular weight excluding hydrogens is 286 g/mol. The van der Waals surface area contributed by atoms with Gasteiger partial charge in [0.05, 0.1) is 17.1 Å².